The standard InChI is InChI=1S/C11H21NO/c1-11(2,13)7-12-10-6-8-3-4-9(10)5-8/h8-10,12-13H,3-7H2,1-2H3/t8-,9+,10+/m0/s1. The Morgan fingerprint density at radius 3 is 2.54 bits per heavy atom. The van der Waals surface area contributed by atoms with E-state index in [1.165, 1.54) is 25.7 Å². The van der Waals surface area contributed by atoms with E-state index in [9.17, 15) is 5.11 Å². The summed E-state index contributed by atoms with van der Waals surface area (Å²) in [6.45, 7) is 4.47. The van der Waals surface area contributed by atoms with Crippen LogP contribution in [0.15, 0.2) is 0 Å². The molecule has 0 saturated heterocycles. The highest BCUT2D eigenvalue weighted by molar-refractivity contribution is 4.94. The minimum absolute atomic E-state index is 0.554. The Kier molecular flexibility index (Phi) is 2.37. The first-order chi connectivity index (χ1) is 6.04. The van der Waals surface area contributed by atoms with Crippen molar-refractivity contribution >= 4 is 0 Å². The smallest absolute Gasteiger partial charge is 0.0715 e. The summed E-state index contributed by atoms with van der Waals surface area (Å²) in [5, 5.41) is 13.1. The van der Waals surface area contributed by atoms with Gasteiger partial charge in [-0.25, -0.2) is 0 Å². The van der Waals surface area contributed by atoms with Gasteiger partial charge in [0.25, 0.3) is 0 Å². The molecule has 2 bridgehead atoms. The van der Waals surface area contributed by atoms with Crippen LogP contribution < -0.4 is 5.32 Å². The van der Waals surface area contributed by atoms with Gasteiger partial charge in [-0.1, -0.05) is 6.42 Å². The first-order valence-electron chi connectivity index (χ1n) is 5.50. The third-order valence-electron chi connectivity index (χ3n) is 3.53. The molecule has 0 aliphatic heterocycles. The molecule has 0 heterocycles. The van der Waals surface area contributed by atoms with E-state index in [1.54, 1.807) is 0 Å². The highest BCUT2D eigenvalue weighted by atomic mass is 16.3. The predicted octanol–water partition coefficient (Wildman–Crippen LogP) is 1.54. The van der Waals surface area contributed by atoms with Gasteiger partial charge in [-0.3, -0.25) is 0 Å². The average molecular weight is 183 g/mol. The third kappa shape index (κ3) is 2.23. The van der Waals surface area contributed by atoms with Crippen LogP contribution in [-0.4, -0.2) is 23.3 Å². The number of nitrogens with one attached hydrogen (secondary N) is 1. The first-order valence-corrected chi connectivity index (χ1v) is 5.50. The topological polar surface area (TPSA) is 32.3 Å². The number of rotatable bonds is 3. The molecule has 76 valence electrons. The molecule has 0 radical (unpaired) electrons. The minimum atomic E-state index is -0.554. The number of aliphatic hydroxyl groups is 1. The van der Waals surface area contributed by atoms with Crippen molar-refractivity contribution in [2.45, 2.75) is 51.2 Å². The van der Waals surface area contributed by atoms with E-state index >= 15 is 0 Å². The summed E-state index contributed by atoms with van der Waals surface area (Å²) in [6.07, 6.45) is 5.64. The molecule has 2 heteroatoms. The van der Waals surface area contributed by atoms with Crippen LogP contribution in [0.25, 0.3) is 0 Å². The lowest BCUT2D eigenvalue weighted by Crippen LogP contribution is -2.42. The van der Waals surface area contributed by atoms with Crippen molar-refractivity contribution in [1.82, 2.24) is 5.32 Å². The average Bonchev–Trinajstić information content (AvgIpc) is 2.58. The largest absolute Gasteiger partial charge is 0.389 e. The molecule has 2 aliphatic rings. The summed E-state index contributed by atoms with van der Waals surface area (Å²) < 4.78 is 0. The Morgan fingerprint density at radius 2 is 2.08 bits per heavy atom. The Bertz CT molecular complexity index is 185. The second-order valence-electron chi connectivity index (χ2n) is 5.47. The summed E-state index contributed by atoms with van der Waals surface area (Å²) in [4.78, 5) is 0. The Labute approximate surface area is 80.7 Å². The molecule has 0 spiro atoms. The van der Waals surface area contributed by atoms with Gasteiger partial charge in [0.05, 0.1) is 5.60 Å². The van der Waals surface area contributed by atoms with Crippen LogP contribution in [0.1, 0.15) is 39.5 Å². The van der Waals surface area contributed by atoms with Gasteiger partial charge in [0.2, 0.25) is 0 Å². The first kappa shape index (κ1) is 9.47. The SMILES string of the molecule is CC(C)(O)CN[C@@H]1C[C@H]2CC[C@@H]1C2. The number of hydrogen-bond acceptors (Lipinski definition) is 2. The van der Waals surface area contributed by atoms with Gasteiger partial charge in [-0.2, -0.15) is 0 Å². The second kappa shape index (κ2) is 3.25. The van der Waals surface area contributed by atoms with Gasteiger partial charge in [-0.05, 0) is 44.9 Å². The summed E-state index contributed by atoms with van der Waals surface area (Å²) in [7, 11) is 0. The van der Waals surface area contributed by atoms with Gasteiger partial charge < -0.3 is 10.4 Å². The summed E-state index contributed by atoms with van der Waals surface area (Å²) >= 11 is 0. The van der Waals surface area contributed by atoms with Crippen LogP contribution in [-0.2, 0) is 0 Å². The van der Waals surface area contributed by atoms with E-state index in [2.05, 4.69) is 5.32 Å². The summed E-state index contributed by atoms with van der Waals surface area (Å²) in [6, 6.07) is 0.699. The maximum atomic E-state index is 9.59. The molecule has 2 N–H and O–H groups in total. The quantitative estimate of drug-likeness (QED) is 0.695. The molecular formula is C11H21NO. The molecule has 0 aromatic rings. The zero-order valence-electron chi connectivity index (χ0n) is 8.71. The van der Waals surface area contributed by atoms with Crippen molar-refractivity contribution in [2.24, 2.45) is 11.8 Å². The fourth-order valence-electron chi connectivity index (χ4n) is 2.88. The Hall–Kier alpha value is -0.0800. The van der Waals surface area contributed by atoms with Crippen LogP contribution in [0, 0.1) is 11.8 Å². The van der Waals surface area contributed by atoms with E-state index in [4.69, 9.17) is 0 Å². The highest BCUT2D eigenvalue weighted by Crippen LogP contribution is 2.44. The van der Waals surface area contributed by atoms with Crippen LogP contribution in [0.3, 0.4) is 0 Å². The third-order valence-corrected chi connectivity index (χ3v) is 3.53. The van der Waals surface area contributed by atoms with E-state index in [0.29, 0.717) is 6.04 Å². The zero-order chi connectivity index (χ0) is 9.47. The highest BCUT2D eigenvalue weighted by Gasteiger charge is 2.39. The Morgan fingerprint density at radius 1 is 1.31 bits per heavy atom. The molecule has 0 aromatic carbocycles. The predicted molar refractivity (Wildman–Crippen MR) is 53.5 cm³/mol. The van der Waals surface area contributed by atoms with Crippen molar-refractivity contribution in [3.63, 3.8) is 0 Å². The fourth-order valence-corrected chi connectivity index (χ4v) is 2.88. The Balaban J connectivity index is 1.78. The molecule has 2 aliphatic carbocycles. The zero-order valence-corrected chi connectivity index (χ0v) is 8.71. The van der Waals surface area contributed by atoms with Gasteiger partial charge >= 0.3 is 0 Å². The number of fused-ring (bicyclic) bond motifs is 2. The van der Waals surface area contributed by atoms with E-state index in [-0.39, 0.29) is 0 Å². The van der Waals surface area contributed by atoms with Crippen LogP contribution in [0.5, 0.6) is 0 Å². The molecule has 2 fully saturated rings. The molecule has 2 rings (SSSR count). The van der Waals surface area contributed by atoms with Gasteiger partial charge in [-0.15, -0.1) is 0 Å². The molecule has 0 aromatic heterocycles. The van der Waals surface area contributed by atoms with Crippen molar-refractivity contribution in [1.29, 1.82) is 0 Å². The van der Waals surface area contributed by atoms with E-state index < -0.39 is 5.60 Å². The van der Waals surface area contributed by atoms with Crippen LogP contribution in [0.4, 0.5) is 0 Å². The number of hydrogen-bond donors (Lipinski definition) is 2. The normalized spacial score (nSPS) is 38.5. The van der Waals surface area contributed by atoms with Crippen molar-refractivity contribution in [2.75, 3.05) is 6.54 Å². The van der Waals surface area contributed by atoms with Gasteiger partial charge in [0, 0.05) is 12.6 Å². The van der Waals surface area contributed by atoms with Crippen molar-refractivity contribution in [3.8, 4) is 0 Å². The minimum Gasteiger partial charge on any atom is -0.389 e. The monoisotopic (exact) mass is 183 g/mol. The van der Waals surface area contributed by atoms with Gasteiger partial charge in [0.15, 0.2) is 0 Å². The molecular weight excluding hydrogens is 162 g/mol. The van der Waals surface area contributed by atoms with Crippen LogP contribution >= 0.6 is 0 Å². The lowest BCUT2D eigenvalue weighted by Gasteiger charge is -2.27. The maximum Gasteiger partial charge on any atom is 0.0715 e. The molecule has 3 atom stereocenters. The molecule has 0 unspecified atom stereocenters. The summed E-state index contributed by atoms with van der Waals surface area (Å²) in [5.41, 5.74) is -0.554. The van der Waals surface area contributed by atoms with E-state index in [1.807, 2.05) is 13.8 Å². The lowest BCUT2D eigenvalue weighted by atomic mass is 9.95. The fraction of sp³-hybridized carbons (Fsp3) is 1.00. The van der Waals surface area contributed by atoms with E-state index in [0.717, 1.165) is 18.4 Å². The molecule has 13 heavy (non-hydrogen) atoms. The second-order valence-corrected chi connectivity index (χ2v) is 5.47. The lowest BCUT2D eigenvalue weighted by molar-refractivity contribution is 0.0736. The molecule has 2 saturated carbocycles. The van der Waals surface area contributed by atoms with Crippen LogP contribution in [0.2, 0.25) is 0 Å². The van der Waals surface area contributed by atoms with Crippen molar-refractivity contribution in [3.05, 3.63) is 0 Å². The summed E-state index contributed by atoms with van der Waals surface area (Å²) in [5.74, 6) is 1.90. The van der Waals surface area contributed by atoms with Gasteiger partial charge in [0.1, 0.15) is 0 Å². The maximum absolute atomic E-state index is 9.59. The molecule has 0 amide bonds. The van der Waals surface area contributed by atoms with Crippen molar-refractivity contribution < 1.29 is 5.11 Å². The molecule has 2 nitrogen and oxygen atoms in total.